The van der Waals surface area contributed by atoms with Gasteiger partial charge in [0.25, 0.3) is 0 Å². The largest absolute Gasteiger partial charge is 0.361 e. The third kappa shape index (κ3) is 2.34. The molecule has 0 radical (unpaired) electrons. The molecule has 1 aliphatic rings. The van der Waals surface area contributed by atoms with Gasteiger partial charge < -0.3 is 5.53 Å². The van der Waals surface area contributed by atoms with Crippen molar-refractivity contribution in [3.05, 3.63) is 17.7 Å². The standard InChI is InChI=1S/C14H20N2O2/c1-10(5-6-11(17)9-16-15)14(4)8-7-12(18)13(14,2)3/h9H,1,5-8H2,2-4H3. The summed E-state index contributed by atoms with van der Waals surface area (Å²) in [7, 11) is 0. The molecule has 98 valence electrons. The minimum absolute atomic E-state index is 0.232. The van der Waals surface area contributed by atoms with Crippen molar-refractivity contribution in [1.29, 1.82) is 0 Å². The third-order valence-corrected chi connectivity index (χ3v) is 4.58. The zero-order chi connectivity index (χ0) is 14.0. The van der Waals surface area contributed by atoms with E-state index in [0.717, 1.165) is 18.2 Å². The van der Waals surface area contributed by atoms with Crippen LogP contribution in [-0.2, 0) is 9.59 Å². The Balaban J connectivity index is 2.75. The summed E-state index contributed by atoms with van der Waals surface area (Å²) in [5.74, 6) is 0.0266. The molecular formula is C14H20N2O2. The Morgan fingerprint density at radius 1 is 1.44 bits per heavy atom. The van der Waals surface area contributed by atoms with E-state index in [1.165, 1.54) is 0 Å². The first-order chi connectivity index (χ1) is 8.25. The molecule has 1 rings (SSSR count). The molecule has 0 N–H and O–H groups in total. The fraction of sp³-hybridized carbons (Fsp3) is 0.643. The van der Waals surface area contributed by atoms with Gasteiger partial charge in [-0.25, -0.2) is 0 Å². The zero-order valence-electron chi connectivity index (χ0n) is 11.3. The van der Waals surface area contributed by atoms with Crippen LogP contribution in [0.5, 0.6) is 0 Å². The van der Waals surface area contributed by atoms with Crippen molar-refractivity contribution in [1.82, 2.24) is 0 Å². The van der Waals surface area contributed by atoms with Crippen LogP contribution in [-0.4, -0.2) is 22.6 Å². The van der Waals surface area contributed by atoms with Gasteiger partial charge in [-0.15, -0.1) is 0 Å². The molecule has 0 saturated heterocycles. The highest BCUT2D eigenvalue weighted by Crippen LogP contribution is 2.54. The topological polar surface area (TPSA) is 70.5 Å². The minimum Gasteiger partial charge on any atom is -0.361 e. The predicted molar refractivity (Wildman–Crippen MR) is 69.2 cm³/mol. The van der Waals surface area contributed by atoms with Crippen LogP contribution in [0.25, 0.3) is 5.53 Å². The Morgan fingerprint density at radius 3 is 2.50 bits per heavy atom. The van der Waals surface area contributed by atoms with Crippen molar-refractivity contribution in [2.75, 3.05) is 0 Å². The molecule has 1 aliphatic carbocycles. The molecular weight excluding hydrogens is 228 g/mol. The van der Waals surface area contributed by atoms with Gasteiger partial charge in [0, 0.05) is 23.7 Å². The average molecular weight is 248 g/mol. The molecule has 1 unspecified atom stereocenters. The van der Waals surface area contributed by atoms with Gasteiger partial charge in [-0.3, -0.25) is 9.59 Å². The van der Waals surface area contributed by atoms with Gasteiger partial charge >= 0.3 is 6.21 Å². The second-order valence-electron chi connectivity index (χ2n) is 5.69. The Bertz CT molecular complexity index is 445. The maximum atomic E-state index is 11.9. The van der Waals surface area contributed by atoms with E-state index < -0.39 is 5.41 Å². The Hall–Kier alpha value is -1.54. The normalized spacial score (nSPS) is 25.6. The fourth-order valence-corrected chi connectivity index (χ4v) is 2.59. The van der Waals surface area contributed by atoms with Crippen molar-refractivity contribution in [3.63, 3.8) is 0 Å². The van der Waals surface area contributed by atoms with E-state index in [4.69, 9.17) is 5.53 Å². The van der Waals surface area contributed by atoms with Crippen LogP contribution in [0.15, 0.2) is 12.2 Å². The number of nitrogens with zero attached hydrogens (tertiary/aromatic N) is 2. The van der Waals surface area contributed by atoms with Crippen molar-refractivity contribution < 1.29 is 14.4 Å². The summed E-state index contributed by atoms with van der Waals surface area (Å²) in [6, 6.07) is 0. The van der Waals surface area contributed by atoms with E-state index in [0.29, 0.717) is 12.8 Å². The summed E-state index contributed by atoms with van der Waals surface area (Å²) in [6.45, 7) is 10.0. The molecule has 0 aromatic heterocycles. The first-order valence-corrected chi connectivity index (χ1v) is 6.17. The maximum Gasteiger partial charge on any atom is 0.323 e. The molecule has 1 fully saturated rings. The molecule has 0 aromatic carbocycles. The highest BCUT2D eigenvalue weighted by atomic mass is 16.1. The number of hydrogen-bond acceptors (Lipinski definition) is 2. The van der Waals surface area contributed by atoms with Gasteiger partial charge in [0.2, 0.25) is 5.78 Å². The van der Waals surface area contributed by atoms with Gasteiger partial charge in [-0.1, -0.05) is 32.9 Å². The number of allylic oxidation sites excluding steroid dienone is 1. The monoisotopic (exact) mass is 248 g/mol. The number of hydrogen-bond donors (Lipinski definition) is 0. The molecule has 0 bridgehead atoms. The SMILES string of the molecule is C=C(CCC(=O)C=[N+]=[N-])C1(C)CCC(=O)C1(C)C. The van der Waals surface area contributed by atoms with E-state index >= 15 is 0 Å². The van der Waals surface area contributed by atoms with Crippen molar-refractivity contribution in [2.24, 2.45) is 10.8 Å². The molecule has 1 atom stereocenters. The predicted octanol–water partition coefficient (Wildman–Crippen LogP) is 2.59. The van der Waals surface area contributed by atoms with Crippen LogP contribution in [0.1, 0.15) is 46.5 Å². The van der Waals surface area contributed by atoms with E-state index in [-0.39, 0.29) is 23.4 Å². The zero-order valence-corrected chi connectivity index (χ0v) is 11.3. The molecule has 1 saturated carbocycles. The highest BCUT2D eigenvalue weighted by molar-refractivity contribution is 6.25. The third-order valence-electron chi connectivity index (χ3n) is 4.58. The molecule has 0 aliphatic heterocycles. The number of carbonyl (C=O) groups is 2. The van der Waals surface area contributed by atoms with Crippen LogP contribution in [0.2, 0.25) is 0 Å². The smallest absolute Gasteiger partial charge is 0.323 e. The second-order valence-corrected chi connectivity index (χ2v) is 5.69. The number of Topliss-reactive ketones (excluding diaryl/α,β-unsaturated/α-hetero) is 2. The molecule has 0 heterocycles. The molecule has 0 aromatic rings. The summed E-state index contributed by atoms with van der Waals surface area (Å²) >= 11 is 0. The minimum atomic E-state index is -0.418. The van der Waals surface area contributed by atoms with Crippen LogP contribution >= 0.6 is 0 Å². The van der Waals surface area contributed by atoms with Crippen LogP contribution < -0.4 is 0 Å². The van der Waals surface area contributed by atoms with Gasteiger partial charge in [0.1, 0.15) is 5.78 Å². The first-order valence-electron chi connectivity index (χ1n) is 6.17. The van der Waals surface area contributed by atoms with E-state index in [9.17, 15) is 9.59 Å². The Morgan fingerprint density at radius 2 is 2.06 bits per heavy atom. The van der Waals surface area contributed by atoms with E-state index in [1.807, 2.05) is 20.8 Å². The summed E-state index contributed by atoms with van der Waals surface area (Å²) in [5, 5.41) is 0. The van der Waals surface area contributed by atoms with Crippen LogP contribution in [0.4, 0.5) is 0 Å². The van der Waals surface area contributed by atoms with Crippen LogP contribution in [0, 0.1) is 10.8 Å². The number of rotatable bonds is 5. The van der Waals surface area contributed by atoms with Gasteiger partial charge in [-0.2, -0.15) is 4.79 Å². The van der Waals surface area contributed by atoms with Crippen LogP contribution in [0.3, 0.4) is 0 Å². The number of ketones is 2. The molecule has 0 amide bonds. The number of carbonyl (C=O) groups excluding carboxylic acids is 2. The summed E-state index contributed by atoms with van der Waals surface area (Å²) in [6.07, 6.45) is 3.07. The Kier molecular flexibility index (Phi) is 4.02. The second kappa shape index (κ2) is 4.99. The quantitative estimate of drug-likeness (QED) is 0.325. The first kappa shape index (κ1) is 14.5. The van der Waals surface area contributed by atoms with Gasteiger partial charge in [0.15, 0.2) is 0 Å². The van der Waals surface area contributed by atoms with Crippen molar-refractivity contribution >= 4 is 17.8 Å². The fourth-order valence-electron chi connectivity index (χ4n) is 2.59. The molecule has 4 nitrogen and oxygen atoms in total. The lowest BCUT2D eigenvalue weighted by Gasteiger charge is -2.39. The summed E-state index contributed by atoms with van der Waals surface area (Å²) in [5.41, 5.74) is 8.52. The average Bonchev–Trinajstić information content (AvgIpc) is 2.51. The van der Waals surface area contributed by atoms with Crippen molar-refractivity contribution in [3.8, 4) is 0 Å². The van der Waals surface area contributed by atoms with E-state index in [1.54, 1.807) is 0 Å². The lowest BCUT2D eigenvalue weighted by atomic mass is 9.64. The van der Waals surface area contributed by atoms with Crippen molar-refractivity contribution in [2.45, 2.75) is 46.5 Å². The highest BCUT2D eigenvalue weighted by Gasteiger charge is 2.52. The van der Waals surface area contributed by atoms with Gasteiger partial charge in [-0.05, 0) is 12.8 Å². The molecule has 0 spiro atoms. The lowest BCUT2D eigenvalue weighted by molar-refractivity contribution is -0.126. The van der Waals surface area contributed by atoms with Gasteiger partial charge in [0.05, 0.1) is 0 Å². The summed E-state index contributed by atoms with van der Waals surface area (Å²) < 4.78 is 0. The summed E-state index contributed by atoms with van der Waals surface area (Å²) in [4.78, 5) is 25.9. The Labute approximate surface area is 108 Å². The molecule has 18 heavy (non-hydrogen) atoms. The molecule has 4 heteroatoms. The lowest BCUT2D eigenvalue weighted by Crippen LogP contribution is -2.35. The van der Waals surface area contributed by atoms with E-state index in [2.05, 4.69) is 11.4 Å². The maximum absolute atomic E-state index is 11.9.